The first-order chi connectivity index (χ1) is 9.72. The molecule has 1 aliphatic rings. The Morgan fingerprint density at radius 1 is 1.29 bits per heavy atom. The molecule has 2 atom stereocenters. The van der Waals surface area contributed by atoms with E-state index in [2.05, 4.69) is 35.3 Å². The minimum absolute atomic E-state index is 0. The molecule has 0 aliphatic carbocycles. The molecule has 2 aromatic rings. The smallest absolute Gasteiger partial charge is 0.0645 e. The van der Waals surface area contributed by atoms with E-state index in [9.17, 15) is 0 Å². The van der Waals surface area contributed by atoms with Crippen molar-refractivity contribution in [3.05, 3.63) is 48.3 Å². The molecule has 0 bridgehead atoms. The van der Waals surface area contributed by atoms with Crippen molar-refractivity contribution in [1.29, 1.82) is 0 Å². The monoisotopic (exact) mass is 306 g/mol. The molecule has 1 aromatic heterocycles. The number of benzene rings is 1. The van der Waals surface area contributed by atoms with E-state index in [1.54, 1.807) is 0 Å². The number of halogens is 1. The molecular formula is C16H23ClN4. The minimum Gasteiger partial charge on any atom is -0.327 e. The Labute approximate surface area is 132 Å². The van der Waals surface area contributed by atoms with Crippen LogP contribution in [0.2, 0.25) is 0 Å². The highest BCUT2D eigenvalue weighted by molar-refractivity contribution is 5.85. The van der Waals surface area contributed by atoms with Crippen molar-refractivity contribution in [3.8, 4) is 5.69 Å². The SMILES string of the molecule is CC1CN(Cc2cnn(-c3ccccc3)c2)CCC1N.Cl. The fourth-order valence-corrected chi connectivity index (χ4v) is 2.82. The van der Waals surface area contributed by atoms with E-state index in [1.807, 2.05) is 29.1 Å². The average Bonchev–Trinajstić information content (AvgIpc) is 2.92. The molecule has 0 spiro atoms. The Hall–Kier alpha value is -1.36. The Bertz CT molecular complexity index is 554. The summed E-state index contributed by atoms with van der Waals surface area (Å²) in [5.74, 6) is 0.577. The highest BCUT2D eigenvalue weighted by Gasteiger charge is 2.23. The van der Waals surface area contributed by atoms with Gasteiger partial charge in [0.25, 0.3) is 0 Å². The maximum absolute atomic E-state index is 6.07. The van der Waals surface area contributed by atoms with Crippen molar-refractivity contribution < 1.29 is 0 Å². The first-order valence-corrected chi connectivity index (χ1v) is 7.29. The van der Waals surface area contributed by atoms with Gasteiger partial charge in [0, 0.05) is 30.9 Å². The van der Waals surface area contributed by atoms with Gasteiger partial charge in [0.15, 0.2) is 0 Å². The van der Waals surface area contributed by atoms with Crippen molar-refractivity contribution in [3.63, 3.8) is 0 Å². The Kier molecular flexibility index (Phi) is 5.39. The van der Waals surface area contributed by atoms with Gasteiger partial charge in [-0.05, 0) is 31.0 Å². The molecule has 3 rings (SSSR count). The van der Waals surface area contributed by atoms with E-state index in [0.29, 0.717) is 12.0 Å². The standard InChI is InChI=1S/C16H22N4.ClH/c1-13-10-19(8-7-16(13)17)11-14-9-18-20(12-14)15-5-3-2-4-6-15;/h2-6,9,12-13,16H,7-8,10-11,17H2,1H3;1H. The number of nitrogens with zero attached hydrogens (tertiary/aromatic N) is 3. The van der Waals surface area contributed by atoms with E-state index in [1.165, 1.54) is 5.56 Å². The molecular weight excluding hydrogens is 284 g/mol. The summed E-state index contributed by atoms with van der Waals surface area (Å²) in [5, 5.41) is 4.45. The summed E-state index contributed by atoms with van der Waals surface area (Å²) in [6, 6.07) is 10.6. The van der Waals surface area contributed by atoms with Gasteiger partial charge in [0.2, 0.25) is 0 Å². The summed E-state index contributed by atoms with van der Waals surface area (Å²) < 4.78 is 1.94. The fourth-order valence-electron chi connectivity index (χ4n) is 2.82. The Morgan fingerprint density at radius 2 is 2.05 bits per heavy atom. The molecule has 5 heteroatoms. The molecule has 1 aliphatic heterocycles. The molecule has 114 valence electrons. The lowest BCUT2D eigenvalue weighted by molar-refractivity contribution is 0.158. The molecule has 0 saturated carbocycles. The van der Waals surface area contributed by atoms with Crippen molar-refractivity contribution in [2.45, 2.75) is 25.9 Å². The molecule has 0 radical (unpaired) electrons. The van der Waals surface area contributed by atoms with Crippen LogP contribution in [0.25, 0.3) is 5.69 Å². The number of piperidine rings is 1. The van der Waals surface area contributed by atoms with Crippen LogP contribution in [0, 0.1) is 5.92 Å². The van der Waals surface area contributed by atoms with E-state index >= 15 is 0 Å². The lowest BCUT2D eigenvalue weighted by atomic mass is 9.95. The van der Waals surface area contributed by atoms with Crippen LogP contribution in [0.5, 0.6) is 0 Å². The second-order valence-electron chi connectivity index (χ2n) is 5.79. The van der Waals surface area contributed by atoms with Gasteiger partial charge >= 0.3 is 0 Å². The number of likely N-dealkylation sites (tertiary alicyclic amines) is 1. The molecule has 1 fully saturated rings. The third kappa shape index (κ3) is 3.84. The van der Waals surface area contributed by atoms with Crippen LogP contribution in [0.4, 0.5) is 0 Å². The normalized spacial score (nSPS) is 22.8. The zero-order valence-corrected chi connectivity index (χ0v) is 13.2. The van der Waals surface area contributed by atoms with Crippen LogP contribution in [-0.4, -0.2) is 33.8 Å². The van der Waals surface area contributed by atoms with E-state index in [-0.39, 0.29) is 12.4 Å². The number of rotatable bonds is 3. The van der Waals surface area contributed by atoms with Crippen LogP contribution in [0.15, 0.2) is 42.7 Å². The largest absolute Gasteiger partial charge is 0.327 e. The molecule has 2 unspecified atom stereocenters. The minimum atomic E-state index is 0. The highest BCUT2D eigenvalue weighted by atomic mass is 35.5. The maximum Gasteiger partial charge on any atom is 0.0645 e. The van der Waals surface area contributed by atoms with E-state index in [4.69, 9.17) is 5.73 Å². The third-order valence-corrected chi connectivity index (χ3v) is 4.12. The zero-order valence-electron chi connectivity index (χ0n) is 12.4. The van der Waals surface area contributed by atoms with Gasteiger partial charge in [-0.15, -0.1) is 12.4 Å². The summed E-state index contributed by atoms with van der Waals surface area (Å²) in [4.78, 5) is 2.47. The van der Waals surface area contributed by atoms with Gasteiger partial charge in [-0.2, -0.15) is 5.10 Å². The van der Waals surface area contributed by atoms with Gasteiger partial charge in [0.05, 0.1) is 11.9 Å². The highest BCUT2D eigenvalue weighted by Crippen LogP contribution is 2.17. The van der Waals surface area contributed by atoms with E-state index < -0.39 is 0 Å². The second kappa shape index (κ2) is 7.07. The summed E-state index contributed by atoms with van der Waals surface area (Å²) in [7, 11) is 0. The number of aromatic nitrogens is 2. The van der Waals surface area contributed by atoms with Gasteiger partial charge in [-0.3, -0.25) is 4.90 Å². The molecule has 4 nitrogen and oxygen atoms in total. The Morgan fingerprint density at radius 3 is 2.76 bits per heavy atom. The van der Waals surface area contributed by atoms with Gasteiger partial charge in [-0.1, -0.05) is 25.1 Å². The number of nitrogens with two attached hydrogens (primary N) is 1. The van der Waals surface area contributed by atoms with Crippen LogP contribution >= 0.6 is 12.4 Å². The molecule has 1 aromatic carbocycles. The first kappa shape index (κ1) is 16.0. The predicted molar refractivity (Wildman–Crippen MR) is 87.8 cm³/mol. The molecule has 21 heavy (non-hydrogen) atoms. The van der Waals surface area contributed by atoms with Crippen molar-refractivity contribution in [2.24, 2.45) is 11.7 Å². The van der Waals surface area contributed by atoms with Crippen molar-refractivity contribution in [1.82, 2.24) is 14.7 Å². The summed E-state index contributed by atoms with van der Waals surface area (Å²) >= 11 is 0. The van der Waals surface area contributed by atoms with Crippen LogP contribution in [0.1, 0.15) is 18.9 Å². The second-order valence-corrected chi connectivity index (χ2v) is 5.79. The van der Waals surface area contributed by atoms with E-state index in [0.717, 1.165) is 31.7 Å². The van der Waals surface area contributed by atoms with Gasteiger partial charge < -0.3 is 5.73 Å². The number of para-hydroxylation sites is 1. The van der Waals surface area contributed by atoms with Gasteiger partial charge in [-0.25, -0.2) is 4.68 Å². The van der Waals surface area contributed by atoms with Crippen molar-refractivity contribution in [2.75, 3.05) is 13.1 Å². The zero-order chi connectivity index (χ0) is 13.9. The van der Waals surface area contributed by atoms with Gasteiger partial charge in [0.1, 0.15) is 0 Å². The lowest BCUT2D eigenvalue weighted by Crippen LogP contribution is -2.45. The predicted octanol–water partition coefficient (Wildman–Crippen LogP) is 2.46. The molecule has 2 N–H and O–H groups in total. The fraction of sp³-hybridized carbons (Fsp3) is 0.438. The topological polar surface area (TPSA) is 47.1 Å². The van der Waals surface area contributed by atoms with Crippen LogP contribution in [-0.2, 0) is 6.54 Å². The van der Waals surface area contributed by atoms with Crippen LogP contribution < -0.4 is 5.73 Å². The number of hydrogen-bond donors (Lipinski definition) is 1. The first-order valence-electron chi connectivity index (χ1n) is 7.29. The molecule has 2 heterocycles. The quantitative estimate of drug-likeness (QED) is 0.947. The summed E-state index contributed by atoms with van der Waals surface area (Å²) in [5.41, 5.74) is 8.44. The number of hydrogen-bond acceptors (Lipinski definition) is 3. The lowest BCUT2D eigenvalue weighted by Gasteiger charge is -2.34. The Balaban J connectivity index is 0.00000161. The maximum atomic E-state index is 6.07. The summed E-state index contributed by atoms with van der Waals surface area (Å²) in [6.45, 7) is 5.37. The average molecular weight is 307 g/mol. The third-order valence-electron chi connectivity index (χ3n) is 4.12. The molecule has 1 saturated heterocycles. The van der Waals surface area contributed by atoms with Crippen molar-refractivity contribution >= 4 is 12.4 Å². The van der Waals surface area contributed by atoms with Crippen LogP contribution in [0.3, 0.4) is 0 Å². The molecule has 0 amide bonds. The summed E-state index contributed by atoms with van der Waals surface area (Å²) in [6.07, 6.45) is 5.18.